The number of hydrogen-bond acceptors (Lipinski definition) is 6. The van der Waals surface area contributed by atoms with Crippen LogP contribution < -0.4 is 0 Å². The molecule has 4 rings (SSSR count). The number of halogens is 1. The van der Waals surface area contributed by atoms with Crippen molar-refractivity contribution in [2.24, 2.45) is 28.6 Å². The van der Waals surface area contributed by atoms with Gasteiger partial charge in [0.15, 0.2) is 11.4 Å². The molecule has 0 spiro atoms. The van der Waals surface area contributed by atoms with Crippen molar-refractivity contribution in [2.75, 3.05) is 6.61 Å². The minimum absolute atomic E-state index is 0.00528. The molecular weight excluding hydrogens is 439 g/mol. The van der Waals surface area contributed by atoms with Crippen molar-refractivity contribution in [3.8, 4) is 0 Å². The summed E-state index contributed by atoms with van der Waals surface area (Å²) in [6, 6.07) is 0. The summed E-state index contributed by atoms with van der Waals surface area (Å²) < 4.78 is 23.3. The topological polar surface area (TPSA) is 101 Å². The highest BCUT2D eigenvalue weighted by Crippen LogP contribution is 2.71. The summed E-state index contributed by atoms with van der Waals surface area (Å²) in [5, 5.41) is 21.4. The molecule has 8 atom stereocenters. The van der Waals surface area contributed by atoms with Crippen molar-refractivity contribution < 1.29 is 33.7 Å². The smallest absolute Gasteiger partial charge is 0.306 e. The number of carbonyl (C=O) groups is 3. The number of rotatable bonds is 6. The molecule has 0 aromatic carbocycles. The summed E-state index contributed by atoms with van der Waals surface area (Å²) >= 11 is 0. The van der Waals surface area contributed by atoms with Gasteiger partial charge in [-0.2, -0.15) is 0 Å². The largest absolute Gasteiger partial charge is 0.450 e. The highest BCUT2D eigenvalue weighted by molar-refractivity contribution is 5.93. The first-order valence-corrected chi connectivity index (χ1v) is 12.9. The predicted octanol–water partition coefficient (Wildman–Crippen LogP) is 3.86. The Balaban J connectivity index is 1.79. The zero-order chi connectivity index (χ0) is 25.1. The number of aliphatic hydroxyl groups excluding tert-OH is 2. The van der Waals surface area contributed by atoms with Gasteiger partial charge in [0.05, 0.1) is 6.10 Å². The summed E-state index contributed by atoms with van der Waals surface area (Å²) in [4.78, 5) is 38.2. The first-order valence-electron chi connectivity index (χ1n) is 12.9. The van der Waals surface area contributed by atoms with Crippen LogP contribution in [0.5, 0.6) is 0 Å². The van der Waals surface area contributed by atoms with Crippen LogP contribution in [0.3, 0.4) is 0 Å². The van der Waals surface area contributed by atoms with Crippen molar-refractivity contribution in [1.29, 1.82) is 0 Å². The van der Waals surface area contributed by atoms with E-state index in [1.807, 2.05) is 27.7 Å². The Bertz CT molecular complexity index is 915. The van der Waals surface area contributed by atoms with E-state index in [-0.39, 0.29) is 31.0 Å². The average molecular weight is 479 g/mol. The van der Waals surface area contributed by atoms with E-state index >= 15 is 4.39 Å². The number of unbranched alkanes of at least 4 members (excludes halogenated alkanes) is 1. The Labute approximate surface area is 201 Å². The molecule has 34 heavy (non-hydrogen) atoms. The van der Waals surface area contributed by atoms with Gasteiger partial charge in [-0.1, -0.05) is 39.7 Å². The number of fused-ring (bicyclic) bond motifs is 5. The van der Waals surface area contributed by atoms with Gasteiger partial charge in [-0.25, -0.2) is 4.39 Å². The molecule has 3 saturated carbocycles. The zero-order valence-corrected chi connectivity index (χ0v) is 20.9. The van der Waals surface area contributed by atoms with Crippen LogP contribution in [0, 0.1) is 28.6 Å². The monoisotopic (exact) mass is 478 g/mol. The van der Waals surface area contributed by atoms with Crippen LogP contribution >= 0.6 is 0 Å². The van der Waals surface area contributed by atoms with E-state index < -0.39 is 58.4 Å². The Morgan fingerprint density at radius 3 is 2.59 bits per heavy atom. The summed E-state index contributed by atoms with van der Waals surface area (Å²) in [5.41, 5.74) is -4.71. The van der Waals surface area contributed by atoms with E-state index in [9.17, 15) is 24.6 Å². The number of Topliss-reactive ketones (excluding diaryl/α,β-unsaturated/α-hetero) is 1. The fraction of sp³-hybridized carbons (Fsp3) is 0.815. The number of allylic oxidation sites excluding steroid dienone is 1. The maximum absolute atomic E-state index is 17.3. The molecule has 0 aliphatic heterocycles. The normalized spacial score (nSPS) is 45.6. The first kappa shape index (κ1) is 25.5. The SMILES string of the molecule is CCCCC(=O)OC1(C(=O)CO)C(C)CC2C3CCC4=CC(=O)CCC4(C)C3(F)C(O)CC21C. The van der Waals surface area contributed by atoms with Crippen LogP contribution in [-0.4, -0.2) is 51.7 Å². The summed E-state index contributed by atoms with van der Waals surface area (Å²) in [7, 11) is 0. The quantitative estimate of drug-likeness (QED) is 0.562. The molecule has 0 aromatic heterocycles. The molecule has 0 aromatic rings. The molecule has 4 aliphatic carbocycles. The lowest BCUT2D eigenvalue weighted by Gasteiger charge is -2.63. The van der Waals surface area contributed by atoms with E-state index in [0.29, 0.717) is 32.1 Å². The Hall–Kier alpha value is -1.60. The lowest BCUT2D eigenvalue weighted by Crippen LogP contribution is -2.70. The van der Waals surface area contributed by atoms with Crippen LogP contribution in [0.2, 0.25) is 0 Å². The third kappa shape index (κ3) is 3.15. The number of esters is 1. The molecule has 4 aliphatic rings. The predicted molar refractivity (Wildman–Crippen MR) is 123 cm³/mol. The Kier molecular flexibility index (Phi) is 6.38. The standard InChI is InChI=1S/C27H39FO6/c1-5-6-7-23(33)34-27(22(32)15-29)16(2)12-20-19-9-8-17-13-18(30)10-11-24(17,3)26(19,28)21(31)14-25(20,27)4/h13,16,19-21,29,31H,5-12,14-15H2,1-4H3. The number of ketones is 2. The number of carbonyl (C=O) groups excluding carboxylic acids is 3. The van der Waals surface area contributed by atoms with Gasteiger partial charge in [0.1, 0.15) is 12.3 Å². The van der Waals surface area contributed by atoms with Gasteiger partial charge >= 0.3 is 5.97 Å². The van der Waals surface area contributed by atoms with E-state index in [0.717, 1.165) is 12.0 Å². The maximum Gasteiger partial charge on any atom is 0.306 e. The average Bonchev–Trinajstić information content (AvgIpc) is 3.00. The molecule has 0 heterocycles. The molecule has 0 amide bonds. The molecule has 3 fully saturated rings. The third-order valence-corrected chi connectivity index (χ3v) is 10.1. The second-order valence-electron chi connectivity index (χ2n) is 11.7. The summed E-state index contributed by atoms with van der Waals surface area (Å²) in [6.07, 6.45) is 3.86. The molecule has 8 unspecified atom stereocenters. The fourth-order valence-electron chi connectivity index (χ4n) is 8.43. The van der Waals surface area contributed by atoms with Crippen molar-refractivity contribution >= 4 is 17.5 Å². The van der Waals surface area contributed by atoms with Crippen LogP contribution in [-0.2, 0) is 19.1 Å². The number of aliphatic hydroxyl groups is 2. The summed E-state index contributed by atoms with van der Waals surface area (Å²) in [5.74, 6) is -2.32. The van der Waals surface area contributed by atoms with E-state index in [2.05, 4.69) is 0 Å². The summed E-state index contributed by atoms with van der Waals surface area (Å²) in [6.45, 7) is 6.69. The van der Waals surface area contributed by atoms with E-state index in [1.54, 1.807) is 6.08 Å². The van der Waals surface area contributed by atoms with Gasteiger partial charge in [0, 0.05) is 35.5 Å². The first-order chi connectivity index (χ1) is 15.9. The zero-order valence-electron chi connectivity index (χ0n) is 20.9. The van der Waals surface area contributed by atoms with Crippen LogP contribution in [0.25, 0.3) is 0 Å². The van der Waals surface area contributed by atoms with Crippen molar-refractivity contribution in [2.45, 2.75) is 103 Å². The highest BCUT2D eigenvalue weighted by atomic mass is 19.1. The maximum atomic E-state index is 17.3. The van der Waals surface area contributed by atoms with Gasteiger partial charge in [0.2, 0.25) is 5.78 Å². The number of ether oxygens (including phenoxy) is 1. The minimum Gasteiger partial charge on any atom is -0.450 e. The second-order valence-corrected chi connectivity index (χ2v) is 11.7. The van der Waals surface area contributed by atoms with Crippen LogP contribution in [0.15, 0.2) is 11.6 Å². The molecule has 7 heteroatoms. The Morgan fingerprint density at radius 2 is 1.94 bits per heavy atom. The molecule has 0 bridgehead atoms. The number of hydrogen-bond donors (Lipinski definition) is 2. The van der Waals surface area contributed by atoms with Crippen molar-refractivity contribution in [3.05, 3.63) is 11.6 Å². The minimum atomic E-state index is -1.94. The van der Waals surface area contributed by atoms with Gasteiger partial charge in [-0.15, -0.1) is 0 Å². The molecular formula is C27H39FO6. The molecule has 2 N–H and O–H groups in total. The van der Waals surface area contributed by atoms with Crippen molar-refractivity contribution in [1.82, 2.24) is 0 Å². The fourth-order valence-corrected chi connectivity index (χ4v) is 8.43. The van der Waals surface area contributed by atoms with Crippen LogP contribution in [0.1, 0.15) is 85.5 Å². The van der Waals surface area contributed by atoms with Gasteiger partial charge in [-0.3, -0.25) is 14.4 Å². The lowest BCUT2D eigenvalue weighted by molar-refractivity contribution is -0.235. The van der Waals surface area contributed by atoms with E-state index in [4.69, 9.17) is 4.74 Å². The van der Waals surface area contributed by atoms with E-state index in [1.165, 1.54) is 0 Å². The number of alkyl halides is 1. The molecule has 0 saturated heterocycles. The van der Waals surface area contributed by atoms with Gasteiger partial charge in [0.25, 0.3) is 0 Å². The Morgan fingerprint density at radius 1 is 1.24 bits per heavy atom. The molecule has 190 valence electrons. The molecule has 6 nitrogen and oxygen atoms in total. The van der Waals surface area contributed by atoms with Crippen LogP contribution in [0.4, 0.5) is 4.39 Å². The lowest BCUT2D eigenvalue weighted by atomic mass is 9.43. The van der Waals surface area contributed by atoms with Gasteiger partial charge in [-0.05, 0) is 50.5 Å². The van der Waals surface area contributed by atoms with Crippen molar-refractivity contribution in [3.63, 3.8) is 0 Å². The molecule has 0 radical (unpaired) electrons. The highest BCUT2D eigenvalue weighted by Gasteiger charge is 2.77. The third-order valence-electron chi connectivity index (χ3n) is 10.1. The second kappa shape index (κ2) is 8.51. The van der Waals surface area contributed by atoms with Gasteiger partial charge < -0.3 is 14.9 Å².